The maximum absolute atomic E-state index is 13.8. The van der Waals surface area contributed by atoms with Crippen LogP contribution in [0.4, 0.5) is 13.2 Å². The number of aryl methyl sites for hydroxylation is 1. The van der Waals surface area contributed by atoms with Crippen LogP contribution in [-0.2, 0) is 17.8 Å². The molecular formula is C15H12F3NO2. The second-order valence-corrected chi connectivity index (χ2v) is 4.32. The van der Waals surface area contributed by atoms with Gasteiger partial charge in [0.15, 0.2) is 11.6 Å². The molecule has 0 aliphatic heterocycles. The van der Waals surface area contributed by atoms with Crippen LogP contribution in [-0.4, -0.2) is 11.3 Å². The first-order chi connectivity index (χ1) is 10.1. The summed E-state index contributed by atoms with van der Waals surface area (Å²) < 4.78 is 45.6. The van der Waals surface area contributed by atoms with Crippen molar-refractivity contribution in [2.24, 2.45) is 0 Å². The van der Waals surface area contributed by atoms with Crippen LogP contribution in [0, 0.1) is 17.6 Å². The highest BCUT2D eigenvalue weighted by atomic mass is 19.1. The smallest absolute Gasteiger partial charge is 0.219 e. The van der Waals surface area contributed by atoms with Gasteiger partial charge in [-0.3, -0.25) is 0 Å². The van der Waals surface area contributed by atoms with Gasteiger partial charge in [0.25, 0.3) is 0 Å². The van der Waals surface area contributed by atoms with Gasteiger partial charge in [0.05, 0.1) is 0 Å². The van der Waals surface area contributed by atoms with Gasteiger partial charge in [-0.1, -0.05) is 0 Å². The summed E-state index contributed by atoms with van der Waals surface area (Å²) in [4.78, 5) is 13.9. The molecule has 0 bridgehead atoms. The molecule has 0 N–H and O–H groups in total. The van der Waals surface area contributed by atoms with Gasteiger partial charge >= 0.3 is 0 Å². The third kappa shape index (κ3) is 3.81. The van der Waals surface area contributed by atoms with Crippen molar-refractivity contribution in [1.29, 1.82) is 0 Å². The van der Waals surface area contributed by atoms with Crippen LogP contribution in [0.3, 0.4) is 0 Å². The number of benzene rings is 1. The topological polar surface area (TPSA) is 39.2 Å². The number of carbonyl (C=O) groups is 1. The molecule has 1 aromatic heterocycles. The van der Waals surface area contributed by atoms with Crippen molar-refractivity contribution < 1.29 is 22.7 Å². The highest BCUT2D eigenvalue weighted by molar-refractivity contribution is 5.51. The van der Waals surface area contributed by atoms with Gasteiger partial charge in [0, 0.05) is 29.8 Å². The van der Waals surface area contributed by atoms with Crippen LogP contribution in [0.5, 0.6) is 5.75 Å². The number of rotatable bonds is 6. The SMILES string of the molecule is O=CCCc1cc(F)cc(F)c1OCc1cccnc1F. The third-order valence-corrected chi connectivity index (χ3v) is 2.83. The van der Waals surface area contributed by atoms with Crippen LogP contribution in [0.25, 0.3) is 0 Å². The Bertz CT molecular complexity index is 647. The third-order valence-electron chi connectivity index (χ3n) is 2.83. The van der Waals surface area contributed by atoms with Crippen molar-refractivity contribution in [1.82, 2.24) is 4.98 Å². The molecule has 3 nitrogen and oxygen atoms in total. The van der Waals surface area contributed by atoms with Crippen LogP contribution >= 0.6 is 0 Å². The van der Waals surface area contributed by atoms with E-state index in [2.05, 4.69) is 4.98 Å². The van der Waals surface area contributed by atoms with Crippen molar-refractivity contribution in [3.8, 4) is 5.75 Å². The fourth-order valence-electron chi connectivity index (χ4n) is 1.85. The van der Waals surface area contributed by atoms with Crippen molar-refractivity contribution in [3.63, 3.8) is 0 Å². The van der Waals surface area contributed by atoms with Crippen LogP contribution in [0.2, 0.25) is 0 Å². The molecule has 0 spiro atoms. The van der Waals surface area contributed by atoms with E-state index < -0.39 is 17.6 Å². The Balaban J connectivity index is 2.22. The minimum atomic E-state index is -0.889. The number of aromatic nitrogens is 1. The predicted octanol–water partition coefficient (Wildman–Crippen LogP) is 3.21. The molecule has 6 heteroatoms. The summed E-state index contributed by atoms with van der Waals surface area (Å²) in [6, 6.07) is 4.76. The molecule has 0 fully saturated rings. The molecular weight excluding hydrogens is 283 g/mol. The number of pyridine rings is 1. The number of nitrogens with zero attached hydrogens (tertiary/aromatic N) is 1. The van der Waals surface area contributed by atoms with E-state index in [4.69, 9.17) is 4.74 Å². The molecule has 0 unspecified atom stereocenters. The Kier molecular flexibility index (Phi) is 4.92. The van der Waals surface area contributed by atoms with Gasteiger partial charge in [-0.15, -0.1) is 0 Å². The number of hydrogen-bond acceptors (Lipinski definition) is 3. The summed E-state index contributed by atoms with van der Waals surface area (Å²) in [5.41, 5.74) is 0.381. The molecule has 2 aromatic rings. The van der Waals surface area contributed by atoms with Crippen molar-refractivity contribution in [2.75, 3.05) is 0 Å². The molecule has 2 rings (SSSR count). The summed E-state index contributed by atoms with van der Waals surface area (Å²) >= 11 is 0. The molecule has 0 saturated heterocycles. The lowest BCUT2D eigenvalue weighted by molar-refractivity contribution is -0.107. The zero-order chi connectivity index (χ0) is 15.2. The summed E-state index contributed by atoms with van der Waals surface area (Å²) in [7, 11) is 0. The summed E-state index contributed by atoms with van der Waals surface area (Å²) in [6.07, 6.45) is 2.18. The van der Waals surface area contributed by atoms with Gasteiger partial charge in [0.2, 0.25) is 5.95 Å². The van der Waals surface area contributed by atoms with E-state index in [1.807, 2.05) is 0 Å². The van der Waals surface area contributed by atoms with E-state index in [0.717, 1.165) is 6.07 Å². The van der Waals surface area contributed by atoms with Crippen molar-refractivity contribution >= 4 is 6.29 Å². The average molecular weight is 295 g/mol. The first kappa shape index (κ1) is 15.0. The first-order valence-corrected chi connectivity index (χ1v) is 6.25. The fourth-order valence-corrected chi connectivity index (χ4v) is 1.85. The lowest BCUT2D eigenvalue weighted by Crippen LogP contribution is -2.04. The molecule has 0 aliphatic rings. The van der Waals surface area contributed by atoms with Crippen molar-refractivity contribution in [2.45, 2.75) is 19.4 Å². The molecule has 0 atom stereocenters. The Morgan fingerprint density at radius 3 is 2.71 bits per heavy atom. The normalized spacial score (nSPS) is 10.4. The zero-order valence-corrected chi connectivity index (χ0v) is 11.0. The zero-order valence-electron chi connectivity index (χ0n) is 11.0. The quantitative estimate of drug-likeness (QED) is 0.607. The Labute approximate surface area is 119 Å². The van der Waals surface area contributed by atoms with Gasteiger partial charge in [-0.25, -0.2) is 13.8 Å². The molecule has 1 heterocycles. The Morgan fingerprint density at radius 1 is 1.19 bits per heavy atom. The van der Waals surface area contributed by atoms with E-state index in [1.54, 1.807) is 0 Å². The summed E-state index contributed by atoms with van der Waals surface area (Å²) in [5, 5.41) is 0. The number of halogens is 3. The maximum atomic E-state index is 13.8. The first-order valence-electron chi connectivity index (χ1n) is 6.25. The molecule has 21 heavy (non-hydrogen) atoms. The number of ether oxygens (including phenoxy) is 1. The Morgan fingerprint density at radius 2 is 2.00 bits per heavy atom. The molecule has 110 valence electrons. The highest BCUT2D eigenvalue weighted by Crippen LogP contribution is 2.26. The molecule has 0 radical (unpaired) electrons. The molecule has 0 saturated carbocycles. The number of carbonyl (C=O) groups excluding carboxylic acids is 1. The maximum Gasteiger partial charge on any atom is 0.219 e. The molecule has 1 aromatic carbocycles. The average Bonchev–Trinajstić information content (AvgIpc) is 2.45. The number of aldehydes is 1. The lowest BCUT2D eigenvalue weighted by Gasteiger charge is -2.12. The van der Waals surface area contributed by atoms with Crippen molar-refractivity contribution in [3.05, 3.63) is 59.2 Å². The summed E-state index contributed by atoms with van der Waals surface area (Å²) in [5.74, 6) is -2.54. The van der Waals surface area contributed by atoms with Crippen LogP contribution in [0.15, 0.2) is 30.5 Å². The second-order valence-electron chi connectivity index (χ2n) is 4.32. The van der Waals surface area contributed by atoms with E-state index in [9.17, 15) is 18.0 Å². The number of hydrogen-bond donors (Lipinski definition) is 0. The van der Waals surface area contributed by atoms with Gasteiger partial charge in [-0.05, 0) is 24.6 Å². The van der Waals surface area contributed by atoms with E-state index in [1.165, 1.54) is 18.3 Å². The largest absolute Gasteiger partial charge is 0.485 e. The Hall–Kier alpha value is -2.37. The van der Waals surface area contributed by atoms with E-state index >= 15 is 0 Å². The minimum Gasteiger partial charge on any atom is -0.485 e. The molecule has 0 aliphatic carbocycles. The van der Waals surface area contributed by atoms with Gasteiger partial charge < -0.3 is 9.53 Å². The van der Waals surface area contributed by atoms with E-state index in [-0.39, 0.29) is 36.3 Å². The van der Waals surface area contributed by atoms with Crippen LogP contribution in [0.1, 0.15) is 17.5 Å². The summed E-state index contributed by atoms with van der Waals surface area (Å²) in [6.45, 7) is -0.240. The minimum absolute atomic E-state index is 0.112. The van der Waals surface area contributed by atoms with Gasteiger partial charge in [-0.2, -0.15) is 4.39 Å². The van der Waals surface area contributed by atoms with Gasteiger partial charge in [0.1, 0.15) is 18.7 Å². The van der Waals surface area contributed by atoms with Crippen LogP contribution < -0.4 is 4.74 Å². The highest BCUT2D eigenvalue weighted by Gasteiger charge is 2.14. The standard InChI is InChI=1S/C15H12F3NO2/c16-12-7-10(4-2-6-20)14(13(17)8-12)21-9-11-3-1-5-19-15(11)18/h1,3,5-8H,2,4,9H2. The molecule has 0 amide bonds. The second kappa shape index (κ2) is 6.88. The fraction of sp³-hybridized carbons (Fsp3) is 0.200. The lowest BCUT2D eigenvalue weighted by atomic mass is 10.1. The predicted molar refractivity (Wildman–Crippen MR) is 69.3 cm³/mol. The van der Waals surface area contributed by atoms with E-state index in [0.29, 0.717) is 12.4 Å². The monoisotopic (exact) mass is 295 g/mol.